The zero-order valence-corrected chi connectivity index (χ0v) is 13.3. The van der Waals surface area contributed by atoms with Crippen molar-refractivity contribution in [2.45, 2.75) is 6.92 Å². The maximum atomic E-state index is 12.5. The lowest BCUT2D eigenvalue weighted by molar-refractivity contribution is 0.0993. The maximum absolute atomic E-state index is 12.5. The van der Waals surface area contributed by atoms with Crippen molar-refractivity contribution < 1.29 is 4.79 Å². The second-order valence-corrected chi connectivity index (χ2v) is 6.05. The standard InChI is InChI=1S/C18H16N2OS/c1-13-5-7-14(8-6-13)18(21)20(2)16-10-17(22-12-16)15-4-3-9-19-11-15/h3-12H,1-2H3. The van der Waals surface area contributed by atoms with Crippen LogP contribution in [0.5, 0.6) is 0 Å². The highest BCUT2D eigenvalue weighted by atomic mass is 32.1. The van der Waals surface area contributed by atoms with E-state index in [1.165, 1.54) is 0 Å². The number of anilines is 1. The number of amides is 1. The molecular formula is C18H16N2OS. The number of pyridine rings is 1. The first-order valence-electron chi connectivity index (χ1n) is 6.99. The third-order valence-electron chi connectivity index (χ3n) is 3.52. The highest BCUT2D eigenvalue weighted by Gasteiger charge is 2.15. The van der Waals surface area contributed by atoms with Crippen molar-refractivity contribution in [2.24, 2.45) is 0 Å². The SMILES string of the molecule is Cc1ccc(C(=O)N(C)c2csc(-c3cccnc3)c2)cc1. The number of hydrogen-bond donors (Lipinski definition) is 0. The first kappa shape index (κ1) is 14.5. The molecule has 0 saturated heterocycles. The Morgan fingerprint density at radius 3 is 2.64 bits per heavy atom. The third kappa shape index (κ3) is 2.92. The minimum absolute atomic E-state index is 0.00413. The van der Waals surface area contributed by atoms with Gasteiger partial charge in [-0.3, -0.25) is 9.78 Å². The van der Waals surface area contributed by atoms with Crippen LogP contribution in [-0.4, -0.2) is 17.9 Å². The number of carbonyl (C=O) groups excluding carboxylic acids is 1. The van der Waals surface area contributed by atoms with E-state index in [2.05, 4.69) is 4.98 Å². The van der Waals surface area contributed by atoms with E-state index in [4.69, 9.17) is 0 Å². The predicted octanol–water partition coefficient (Wildman–Crippen LogP) is 4.40. The van der Waals surface area contributed by atoms with Crippen LogP contribution in [0.1, 0.15) is 15.9 Å². The average molecular weight is 308 g/mol. The van der Waals surface area contributed by atoms with Crippen LogP contribution in [0.25, 0.3) is 10.4 Å². The minimum atomic E-state index is -0.00413. The van der Waals surface area contributed by atoms with Gasteiger partial charge in [-0.15, -0.1) is 11.3 Å². The first-order valence-corrected chi connectivity index (χ1v) is 7.87. The molecular weight excluding hydrogens is 292 g/mol. The Morgan fingerprint density at radius 1 is 1.18 bits per heavy atom. The number of thiophene rings is 1. The molecule has 0 atom stereocenters. The Balaban J connectivity index is 1.83. The second-order valence-electron chi connectivity index (χ2n) is 5.14. The number of carbonyl (C=O) groups is 1. The fourth-order valence-corrected chi connectivity index (χ4v) is 3.09. The molecule has 3 nitrogen and oxygen atoms in total. The van der Waals surface area contributed by atoms with Crippen molar-refractivity contribution >= 4 is 22.9 Å². The highest BCUT2D eigenvalue weighted by molar-refractivity contribution is 7.14. The molecule has 0 spiro atoms. The fourth-order valence-electron chi connectivity index (χ4n) is 2.17. The van der Waals surface area contributed by atoms with Crippen molar-refractivity contribution in [3.63, 3.8) is 0 Å². The molecule has 2 heterocycles. The Morgan fingerprint density at radius 2 is 1.95 bits per heavy atom. The molecule has 0 aliphatic rings. The molecule has 3 rings (SSSR count). The number of rotatable bonds is 3. The normalized spacial score (nSPS) is 10.5. The number of benzene rings is 1. The van der Waals surface area contributed by atoms with E-state index in [9.17, 15) is 4.79 Å². The molecule has 0 bridgehead atoms. The smallest absolute Gasteiger partial charge is 0.258 e. The summed E-state index contributed by atoms with van der Waals surface area (Å²) in [6.45, 7) is 2.01. The molecule has 0 N–H and O–H groups in total. The van der Waals surface area contributed by atoms with Gasteiger partial charge in [0.15, 0.2) is 0 Å². The van der Waals surface area contributed by atoms with Gasteiger partial charge in [-0.05, 0) is 31.2 Å². The lowest BCUT2D eigenvalue weighted by atomic mass is 10.1. The molecule has 0 aliphatic heterocycles. The molecule has 22 heavy (non-hydrogen) atoms. The molecule has 0 saturated carbocycles. The number of aromatic nitrogens is 1. The van der Waals surface area contributed by atoms with E-state index in [0.717, 1.165) is 21.7 Å². The van der Waals surface area contributed by atoms with Gasteiger partial charge in [-0.1, -0.05) is 23.8 Å². The van der Waals surface area contributed by atoms with Gasteiger partial charge < -0.3 is 4.90 Å². The van der Waals surface area contributed by atoms with Gasteiger partial charge in [0.25, 0.3) is 5.91 Å². The summed E-state index contributed by atoms with van der Waals surface area (Å²) in [7, 11) is 1.80. The van der Waals surface area contributed by atoms with Crippen LogP contribution in [0.4, 0.5) is 5.69 Å². The van der Waals surface area contributed by atoms with E-state index in [-0.39, 0.29) is 5.91 Å². The molecule has 0 unspecified atom stereocenters. The Hall–Kier alpha value is -2.46. The number of hydrogen-bond acceptors (Lipinski definition) is 3. The Kier molecular flexibility index (Phi) is 4.02. The topological polar surface area (TPSA) is 33.2 Å². The summed E-state index contributed by atoms with van der Waals surface area (Å²) in [5.74, 6) is -0.00413. The van der Waals surface area contributed by atoms with Gasteiger partial charge in [-0.2, -0.15) is 0 Å². The lowest BCUT2D eigenvalue weighted by Gasteiger charge is -2.15. The first-order chi connectivity index (χ1) is 10.6. The van der Waals surface area contributed by atoms with Crippen LogP contribution in [0.3, 0.4) is 0 Å². The summed E-state index contributed by atoms with van der Waals surface area (Å²) < 4.78 is 0. The Labute approximate surface area is 133 Å². The van der Waals surface area contributed by atoms with Crippen molar-refractivity contribution in [2.75, 3.05) is 11.9 Å². The van der Waals surface area contributed by atoms with Gasteiger partial charge in [0.2, 0.25) is 0 Å². The quantitative estimate of drug-likeness (QED) is 0.718. The molecule has 0 aliphatic carbocycles. The van der Waals surface area contributed by atoms with Gasteiger partial charge >= 0.3 is 0 Å². The summed E-state index contributed by atoms with van der Waals surface area (Å²) in [5.41, 5.74) is 3.81. The molecule has 4 heteroatoms. The van der Waals surface area contributed by atoms with Crippen molar-refractivity contribution in [1.29, 1.82) is 0 Å². The summed E-state index contributed by atoms with van der Waals surface area (Å²) in [5, 5.41) is 1.99. The second kappa shape index (κ2) is 6.12. The van der Waals surface area contributed by atoms with Crippen molar-refractivity contribution in [3.05, 3.63) is 71.4 Å². The minimum Gasteiger partial charge on any atom is -0.311 e. The zero-order valence-electron chi connectivity index (χ0n) is 12.5. The van der Waals surface area contributed by atoms with Crippen molar-refractivity contribution in [1.82, 2.24) is 4.98 Å². The number of nitrogens with zero attached hydrogens (tertiary/aromatic N) is 2. The van der Waals surface area contributed by atoms with E-state index in [1.807, 2.05) is 61.0 Å². The molecule has 0 radical (unpaired) electrons. The van der Waals surface area contributed by atoms with Gasteiger partial charge in [-0.25, -0.2) is 0 Å². The van der Waals surface area contributed by atoms with Gasteiger partial charge in [0, 0.05) is 40.8 Å². The highest BCUT2D eigenvalue weighted by Crippen LogP contribution is 2.31. The van der Waals surface area contributed by atoms with E-state index in [0.29, 0.717) is 5.56 Å². The lowest BCUT2D eigenvalue weighted by Crippen LogP contribution is -2.25. The zero-order chi connectivity index (χ0) is 15.5. The van der Waals surface area contributed by atoms with Crippen LogP contribution in [-0.2, 0) is 0 Å². The Bertz CT molecular complexity index is 778. The monoisotopic (exact) mass is 308 g/mol. The van der Waals surface area contributed by atoms with E-state index >= 15 is 0 Å². The third-order valence-corrected chi connectivity index (χ3v) is 4.49. The summed E-state index contributed by atoms with van der Waals surface area (Å²) >= 11 is 1.61. The van der Waals surface area contributed by atoms with Crippen LogP contribution in [0.2, 0.25) is 0 Å². The molecule has 1 aromatic carbocycles. The predicted molar refractivity (Wildman–Crippen MR) is 91.5 cm³/mol. The van der Waals surface area contributed by atoms with Gasteiger partial charge in [0.1, 0.15) is 0 Å². The molecule has 2 aromatic heterocycles. The largest absolute Gasteiger partial charge is 0.311 e. The van der Waals surface area contributed by atoms with Gasteiger partial charge in [0.05, 0.1) is 5.69 Å². The summed E-state index contributed by atoms with van der Waals surface area (Å²) in [6.07, 6.45) is 3.59. The van der Waals surface area contributed by atoms with E-state index < -0.39 is 0 Å². The molecule has 3 aromatic rings. The number of aryl methyl sites for hydroxylation is 1. The maximum Gasteiger partial charge on any atom is 0.258 e. The summed E-state index contributed by atoms with van der Waals surface area (Å²) in [6, 6.07) is 13.6. The molecule has 1 amide bonds. The molecule has 0 fully saturated rings. The molecule has 110 valence electrons. The van der Waals surface area contributed by atoms with Crippen LogP contribution < -0.4 is 4.90 Å². The average Bonchev–Trinajstić information content (AvgIpc) is 3.05. The van der Waals surface area contributed by atoms with Crippen LogP contribution in [0.15, 0.2) is 60.2 Å². The van der Waals surface area contributed by atoms with E-state index in [1.54, 1.807) is 29.5 Å². The van der Waals surface area contributed by atoms with Crippen molar-refractivity contribution in [3.8, 4) is 10.4 Å². The fraction of sp³-hybridized carbons (Fsp3) is 0.111. The van der Waals surface area contributed by atoms with Crippen LogP contribution in [0, 0.1) is 6.92 Å². The summed E-state index contributed by atoms with van der Waals surface area (Å²) in [4.78, 5) is 19.4. The van der Waals surface area contributed by atoms with Crippen LogP contribution >= 0.6 is 11.3 Å².